The van der Waals surface area contributed by atoms with Gasteiger partial charge in [-0.1, -0.05) is 79.9 Å². The molecule has 0 radical (unpaired) electrons. The van der Waals surface area contributed by atoms with E-state index < -0.39 is 5.60 Å². The van der Waals surface area contributed by atoms with Gasteiger partial charge in [-0.2, -0.15) is 0 Å². The van der Waals surface area contributed by atoms with Gasteiger partial charge in [0.2, 0.25) is 0 Å². The van der Waals surface area contributed by atoms with Crippen LogP contribution in [0.5, 0.6) is 0 Å². The van der Waals surface area contributed by atoms with Crippen LogP contribution in [0.3, 0.4) is 0 Å². The summed E-state index contributed by atoms with van der Waals surface area (Å²) in [5.74, 6) is -0.214. The quantitative estimate of drug-likeness (QED) is 0.755. The first-order valence-corrected chi connectivity index (χ1v) is 11.5. The van der Waals surface area contributed by atoms with Crippen LogP contribution in [0.15, 0.2) is 60.7 Å². The summed E-state index contributed by atoms with van der Waals surface area (Å²) in [6.45, 7) is 2.89. The minimum Gasteiger partial charge on any atom is -0.375 e. The number of carbonyl (C=O) groups is 1. The predicted molar refractivity (Wildman–Crippen MR) is 120 cm³/mol. The zero-order chi connectivity index (χ0) is 20.8. The van der Waals surface area contributed by atoms with E-state index in [1.807, 2.05) is 36.4 Å². The number of piperidine rings is 1. The first-order valence-electron chi connectivity index (χ1n) is 11.5. The van der Waals surface area contributed by atoms with Gasteiger partial charge in [0, 0.05) is 31.6 Å². The summed E-state index contributed by atoms with van der Waals surface area (Å²) in [6, 6.07) is 20.2. The summed E-state index contributed by atoms with van der Waals surface area (Å²) >= 11 is 0. The van der Waals surface area contributed by atoms with E-state index in [4.69, 9.17) is 0 Å². The van der Waals surface area contributed by atoms with E-state index in [1.54, 1.807) is 0 Å². The van der Waals surface area contributed by atoms with E-state index in [-0.39, 0.29) is 17.9 Å². The predicted octanol–water partition coefficient (Wildman–Crippen LogP) is 4.24. The molecule has 1 saturated carbocycles. The summed E-state index contributed by atoms with van der Waals surface area (Å²) in [6.07, 6.45) is 7.05. The summed E-state index contributed by atoms with van der Waals surface area (Å²) in [5.41, 5.74) is 0.634. The number of hydrogen-bond acceptors (Lipinski definition) is 3. The molecule has 1 amide bonds. The summed E-state index contributed by atoms with van der Waals surface area (Å²) in [5, 5.41) is 15.0. The smallest absolute Gasteiger partial charge is 0.257 e. The lowest BCUT2D eigenvalue weighted by Crippen LogP contribution is -2.54. The first kappa shape index (κ1) is 21.1. The van der Waals surface area contributed by atoms with Crippen molar-refractivity contribution < 1.29 is 9.90 Å². The third-order valence-electron chi connectivity index (χ3n) is 6.93. The molecular formula is C26H34N2O2. The molecule has 4 heteroatoms. The number of likely N-dealkylation sites (tertiary alicyclic amines) is 1. The Hall–Kier alpha value is -2.17. The second kappa shape index (κ2) is 9.76. The molecule has 1 unspecified atom stereocenters. The van der Waals surface area contributed by atoms with E-state index in [0.29, 0.717) is 0 Å². The number of hydrogen-bond donors (Lipinski definition) is 2. The topological polar surface area (TPSA) is 52.6 Å². The largest absolute Gasteiger partial charge is 0.375 e. The fourth-order valence-corrected chi connectivity index (χ4v) is 5.14. The average Bonchev–Trinajstić information content (AvgIpc) is 2.81. The van der Waals surface area contributed by atoms with Crippen LogP contribution in [0.2, 0.25) is 0 Å². The molecule has 0 bridgehead atoms. The van der Waals surface area contributed by atoms with Gasteiger partial charge in [0.1, 0.15) is 0 Å². The van der Waals surface area contributed by atoms with Gasteiger partial charge in [-0.15, -0.1) is 0 Å². The standard InChI is InChI=1S/C26H34N2O2/c29-25(26(30,22-12-6-2-7-13-22)23-14-8-3-9-15-23)27-24-16-18-28(19-17-24)20-21-10-4-1-5-11-21/h1-2,4-7,10-13,23-24,30H,3,8-9,14-20H2,(H,27,29). The molecule has 2 aliphatic rings. The Balaban J connectivity index is 1.39. The lowest BCUT2D eigenvalue weighted by atomic mass is 9.72. The Morgan fingerprint density at radius 1 is 0.900 bits per heavy atom. The number of carbonyl (C=O) groups excluding carboxylic acids is 1. The lowest BCUT2D eigenvalue weighted by Gasteiger charge is -2.40. The van der Waals surface area contributed by atoms with E-state index >= 15 is 0 Å². The van der Waals surface area contributed by atoms with E-state index in [2.05, 4.69) is 34.5 Å². The van der Waals surface area contributed by atoms with Crippen LogP contribution in [0.25, 0.3) is 0 Å². The molecule has 2 aromatic carbocycles. The molecule has 1 aliphatic carbocycles. The van der Waals surface area contributed by atoms with Gasteiger partial charge in [-0.3, -0.25) is 9.69 Å². The molecule has 160 valence electrons. The zero-order valence-electron chi connectivity index (χ0n) is 17.8. The second-order valence-corrected chi connectivity index (χ2v) is 8.98. The van der Waals surface area contributed by atoms with Gasteiger partial charge >= 0.3 is 0 Å². The van der Waals surface area contributed by atoms with E-state index in [9.17, 15) is 9.90 Å². The lowest BCUT2D eigenvalue weighted by molar-refractivity contribution is -0.150. The van der Waals surface area contributed by atoms with Crippen molar-refractivity contribution in [2.45, 2.75) is 63.1 Å². The number of aliphatic hydroxyl groups is 1. The van der Waals surface area contributed by atoms with Crippen molar-refractivity contribution in [3.63, 3.8) is 0 Å². The Bertz CT molecular complexity index is 796. The van der Waals surface area contributed by atoms with Crippen LogP contribution >= 0.6 is 0 Å². The number of amides is 1. The Labute approximate surface area is 180 Å². The Kier molecular flexibility index (Phi) is 6.86. The second-order valence-electron chi connectivity index (χ2n) is 8.98. The molecule has 30 heavy (non-hydrogen) atoms. The van der Waals surface area contributed by atoms with Crippen molar-refractivity contribution in [3.05, 3.63) is 71.8 Å². The van der Waals surface area contributed by atoms with Crippen LogP contribution in [-0.2, 0) is 16.9 Å². The van der Waals surface area contributed by atoms with Crippen molar-refractivity contribution in [2.75, 3.05) is 13.1 Å². The molecule has 4 nitrogen and oxygen atoms in total. The fraction of sp³-hybridized carbons (Fsp3) is 0.500. The van der Waals surface area contributed by atoms with Crippen LogP contribution in [-0.4, -0.2) is 35.0 Å². The average molecular weight is 407 g/mol. The van der Waals surface area contributed by atoms with Gasteiger partial charge in [0.05, 0.1) is 0 Å². The van der Waals surface area contributed by atoms with Crippen LogP contribution in [0.4, 0.5) is 0 Å². The number of benzene rings is 2. The van der Waals surface area contributed by atoms with Crippen molar-refractivity contribution in [1.29, 1.82) is 0 Å². The molecule has 1 atom stereocenters. The minimum absolute atomic E-state index is 0.00757. The molecule has 0 spiro atoms. The molecule has 2 aromatic rings. The number of nitrogens with one attached hydrogen (secondary N) is 1. The molecule has 4 rings (SSSR count). The van der Waals surface area contributed by atoms with Gasteiger partial charge < -0.3 is 10.4 Å². The van der Waals surface area contributed by atoms with Crippen LogP contribution in [0, 0.1) is 5.92 Å². The highest BCUT2D eigenvalue weighted by molar-refractivity contribution is 5.87. The van der Waals surface area contributed by atoms with Crippen LogP contribution in [0.1, 0.15) is 56.1 Å². The summed E-state index contributed by atoms with van der Waals surface area (Å²) in [4.78, 5) is 15.9. The van der Waals surface area contributed by atoms with Crippen molar-refractivity contribution in [3.8, 4) is 0 Å². The molecule has 1 aliphatic heterocycles. The summed E-state index contributed by atoms with van der Waals surface area (Å²) in [7, 11) is 0. The van der Waals surface area contributed by atoms with E-state index in [0.717, 1.165) is 63.7 Å². The maximum Gasteiger partial charge on any atom is 0.257 e. The molecule has 2 fully saturated rings. The molecule has 1 saturated heterocycles. The van der Waals surface area contributed by atoms with Crippen molar-refractivity contribution in [1.82, 2.24) is 10.2 Å². The highest BCUT2D eigenvalue weighted by Gasteiger charge is 2.46. The molecule has 2 N–H and O–H groups in total. The normalized spacial score (nSPS) is 21.1. The molecule has 1 heterocycles. The van der Waals surface area contributed by atoms with Gasteiger partial charge in [-0.05, 0) is 36.8 Å². The highest BCUT2D eigenvalue weighted by Crippen LogP contribution is 2.40. The minimum atomic E-state index is -1.43. The highest BCUT2D eigenvalue weighted by atomic mass is 16.3. The fourth-order valence-electron chi connectivity index (χ4n) is 5.14. The van der Waals surface area contributed by atoms with E-state index in [1.165, 1.54) is 12.0 Å². The zero-order valence-corrected chi connectivity index (χ0v) is 17.8. The number of rotatable bonds is 6. The van der Waals surface area contributed by atoms with Crippen LogP contribution < -0.4 is 5.32 Å². The maximum atomic E-state index is 13.4. The number of nitrogens with zero attached hydrogens (tertiary/aromatic N) is 1. The third kappa shape index (κ3) is 4.76. The van der Waals surface area contributed by atoms with Crippen molar-refractivity contribution in [2.24, 2.45) is 5.92 Å². The molecule has 0 aromatic heterocycles. The first-order chi connectivity index (χ1) is 14.7. The molecular weight excluding hydrogens is 372 g/mol. The Morgan fingerprint density at radius 2 is 1.50 bits per heavy atom. The van der Waals surface area contributed by atoms with Crippen molar-refractivity contribution >= 4 is 5.91 Å². The Morgan fingerprint density at radius 3 is 2.13 bits per heavy atom. The van der Waals surface area contributed by atoms with Gasteiger partial charge in [0.25, 0.3) is 5.91 Å². The van der Waals surface area contributed by atoms with Gasteiger partial charge in [0.15, 0.2) is 5.60 Å². The monoisotopic (exact) mass is 406 g/mol. The third-order valence-corrected chi connectivity index (χ3v) is 6.93. The maximum absolute atomic E-state index is 13.4. The SMILES string of the molecule is O=C(NC1CCN(Cc2ccccc2)CC1)C(O)(c1ccccc1)C1CCCCC1. The summed E-state index contributed by atoms with van der Waals surface area (Å²) < 4.78 is 0. The van der Waals surface area contributed by atoms with Gasteiger partial charge in [-0.25, -0.2) is 0 Å².